The van der Waals surface area contributed by atoms with E-state index in [0.717, 1.165) is 21.9 Å². The van der Waals surface area contributed by atoms with Crippen LogP contribution in [0.1, 0.15) is 38.8 Å². The predicted molar refractivity (Wildman–Crippen MR) is 284 cm³/mol. The molecule has 0 aliphatic rings. The minimum Gasteiger partial charge on any atom is -0.366 e. The van der Waals surface area contributed by atoms with Gasteiger partial charge in [0.15, 0.2) is 0 Å². The Morgan fingerprint density at radius 1 is 0.288 bits per heavy atom. The van der Waals surface area contributed by atoms with Gasteiger partial charge in [-0.1, -0.05) is 133 Å². The van der Waals surface area contributed by atoms with Crippen LogP contribution >= 0.6 is 15.8 Å². The number of hydrogen-bond donors (Lipinski definition) is 0. The third kappa shape index (κ3) is 11.3. The second-order valence-electron chi connectivity index (χ2n) is 17.2. The Hall–Kier alpha value is -5.30. The van der Waals surface area contributed by atoms with E-state index in [1.807, 2.05) is 60.7 Å². The van der Waals surface area contributed by atoms with Crippen molar-refractivity contribution in [2.75, 3.05) is 0 Å². The van der Waals surface area contributed by atoms with Crippen molar-refractivity contribution in [3.8, 4) is 11.8 Å². The maximum atomic E-state index is 7.13. The molecule has 0 bridgehead atoms. The molecule has 0 amide bonds. The first kappa shape index (κ1) is 50.1. The second-order valence-corrected chi connectivity index (χ2v) is 23.5. The summed E-state index contributed by atoms with van der Waals surface area (Å²) in [4.78, 5) is 0. The second kappa shape index (κ2) is 22.9. The molecule has 0 aliphatic heterocycles. The molecule has 10 aromatic carbocycles. The summed E-state index contributed by atoms with van der Waals surface area (Å²) in [5.74, 6) is 4.83. The van der Waals surface area contributed by atoms with Gasteiger partial charge in [0.25, 0.3) is 0 Å². The summed E-state index contributed by atoms with van der Waals surface area (Å²) in [6, 6.07) is 82.1. The van der Waals surface area contributed by atoms with E-state index >= 15 is 0 Å². The fraction of sp³-hybridized carbons (Fsp3) is 0.0968. The first-order chi connectivity index (χ1) is 31.2. The Bertz CT molecular complexity index is 2940. The van der Waals surface area contributed by atoms with E-state index in [-0.39, 0.29) is 55.1 Å². The summed E-state index contributed by atoms with van der Waals surface area (Å²) in [6.07, 6.45) is 14.3. The number of rotatable bonds is 7. The molecular formula is C62H52Au2P2+2. The van der Waals surface area contributed by atoms with Crippen molar-refractivity contribution in [1.82, 2.24) is 0 Å². The van der Waals surface area contributed by atoms with Crippen LogP contribution in [0.25, 0.3) is 43.1 Å². The minimum absolute atomic E-state index is 0. The van der Waals surface area contributed by atoms with E-state index in [0.29, 0.717) is 0 Å². The summed E-state index contributed by atoms with van der Waals surface area (Å²) in [5, 5.41) is 15.9. The van der Waals surface area contributed by atoms with Gasteiger partial charge in [-0.15, -0.1) is 35.4 Å². The van der Waals surface area contributed by atoms with Crippen LogP contribution in [0.5, 0.6) is 0 Å². The molecule has 0 saturated heterocycles. The summed E-state index contributed by atoms with van der Waals surface area (Å²) >= 11 is 0. The van der Waals surface area contributed by atoms with Crippen LogP contribution < -0.4 is 21.2 Å². The van der Waals surface area contributed by atoms with Gasteiger partial charge in [-0.25, -0.2) is 0 Å². The summed E-state index contributed by atoms with van der Waals surface area (Å²) in [7, 11) is -2.13. The van der Waals surface area contributed by atoms with Crippen LogP contribution in [0.15, 0.2) is 231 Å². The molecule has 0 N–H and O–H groups in total. The third-order valence-electron chi connectivity index (χ3n) is 12.8. The predicted octanol–water partition coefficient (Wildman–Crippen LogP) is 14.1. The molecule has 10 rings (SSSR count). The van der Waals surface area contributed by atoms with Crippen molar-refractivity contribution in [2.45, 2.75) is 38.0 Å². The van der Waals surface area contributed by atoms with Gasteiger partial charge in [0.05, 0.1) is 37.1 Å². The van der Waals surface area contributed by atoms with Crippen LogP contribution in [-0.4, -0.2) is 10.3 Å². The maximum absolute atomic E-state index is 7.13. The Labute approximate surface area is 425 Å². The molecule has 0 nitrogen and oxygen atoms in total. The topological polar surface area (TPSA) is 0 Å². The molecule has 66 heavy (non-hydrogen) atoms. The van der Waals surface area contributed by atoms with Crippen LogP contribution in [0.3, 0.4) is 0 Å². The molecule has 10 aromatic rings. The first-order valence-electron chi connectivity index (χ1n) is 21.8. The molecule has 0 unspecified atom stereocenters. The monoisotopic (exact) mass is 1250 g/mol. The number of fused-ring (bicyclic) bond motifs is 4. The third-order valence-corrected chi connectivity index (χ3v) is 20.4. The number of benzene rings is 10. The van der Waals surface area contributed by atoms with E-state index < -0.39 is 15.8 Å². The van der Waals surface area contributed by atoms with Crippen LogP contribution in [0.4, 0.5) is 0 Å². The van der Waals surface area contributed by atoms with Crippen LogP contribution in [0, 0.1) is 24.7 Å². The molecule has 0 heterocycles. The molecule has 0 atom stereocenters. The Kier molecular flexibility index (Phi) is 17.4. The Balaban J connectivity index is 0.000000177. The fourth-order valence-corrected chi connectivity index (χ4v) is 16.5. The summed E-state index contributed by atoms with van der Waals surface area (Å²) in [5.41, 5.74) is 1.64. The molecular weight excluding hydrogens is 1200 g/mol. The average molecular weight is 1250 g/mol. The Morgan fingerprint density at radius 2 is 0.515 bits per heavy atom. The maximum Gasteiger partial charge on any atom is 1.00 e. The van der Waals surface area contributed by atoms with Gasteiger partial charge in [0.1, 0.15) is 10.3 Å². The van der Waals surface area contributed by atoms with Crippen molar-refractivity contribution in [2.24, 2.45) is 0 Å². The van der Waals surface area contributed by atoms with Crippen molar-refractivity contribution >= 4 is 80.2 Å². The zero-order chi connectivity index (χ0) is 44.5. The van der Waals surface area contributed by atoms with Gasteiger partial charge < -0.3 is 12.8 Å². The number of hydrogen-bond acceptors (Lipinski definition) is 0. The van der Waals surface area contributed by atoms with Crippen molar-refractivity contribution in [1.29, 1.82) is 0 Å². The molecule has 0 aromatic heterocycles. The van der Waals surface area contributed by atoms with Gasteiger partial charge in [-0.05, 0) is 144 Å². The molecule has 0 aliphatic carbocycles. The van der Waals surface area contributed by atoms with Gasteiger partial charge in [0, 0.05) is 0 Å². The molecule has 330 valence electrons. The average Bonchev–Trinajstić information content (AvgIpc) is 3.34. The standard InChI is InChI=1S/C30H32P2.2C16H9.2Au/c1-29(2,31(25-17-9-5-10-18-25)26-19-11-6-12-20-26)30(3,4)32(27-21-13-7-14-22-27)28-23-15-8-16-24-28;2*1-2-12-7-8-15-10-13-5-3-4-6-14(13)11-16(15)9-12;;/h5-24H,1-4H3;2*3-11H;;/q;2*-1;2*+1/p+2. The van der Waals surface area contributed by atoms with Crippen LogP contribution in [-0.2, 0) is 44.8 Å². The quantitative estimate of drug-likeness (QED) is 0.0490. The zero-order valence-corrected chi connectivity index (χ0v) is 43.9. The van der Waals surface area contributed by atoms with E-state index in [1.54, 1.807) is 0 Å². The van der Waals surface area contributed by atoms with Crippen molar-refractivity contribution in [3.05, 3.63) is 254 Å². The minimum atomic E-state index is -1.07. The molecule has 0 saturated carbocycles. The largest absolute Gasteiger partial charge is 1.00 e. The smallest absolute Gasteiger partial charge is 0.366 e. The summed E-state index contributed by atoms with van der Waals surface area (Å²) in [6.45, 7) is 10.1. The van der Waals surface area contributed by atoms with E-state index in [4.69, 9.17) is 12.8 Å². The van der Waals surface area contributed by atoms with Gasteiger partial charge in [0.2, 0.25) is 0 Å². The SMILES string of the molecule is CC(C)([PH+](c1ccccc1)c1ccccc1)C(C)(C)[PH+](c1ccccc1)c1ccccc1.[Au+].[Au+].[C-]#Cc1ccc2cc3ccccc3cc2c1.[C-]#Cc1ccc2cc3ccccc3cc2c1. The molecule has 0 radical (unpaired) electrons. The van der Waals surface area contributed by atoms with Gasteiger partial charge >= 0.3 is 44.8 Å². The Morgan fingerprint density at radius 3 is 0.773 bits per heavy atom. The fourth-order valence-electron chi connectivity index (χ4n) is 8.86. The van der Waals surface area contributed by atoms with E-state index in [1.165, 1.54) is 53.5 Å². The molecule has 4 heteroatoms. The van der Waals surface area contributed by atoms with Crippen molar-refractivity contribution < 1.29 is 44.8 Å². The van der Waals surface area contributed by atoms with Crippen LogP contribution in [0.2, 0.25) is 0 Å². The van der Waals surface area contributed by atoms with E-state index in [2.05, 4.69) is 209 Å². The normalized spacial score (nSPS) is 11.0. The van der Waals surface area contributed by atoms with E-state index in [9.17, 15) is 0 Å². The molecule has 0 spiro atoms. The van der Waals surface area contributed by atoms with Gasteiger partial charge in [-0.2, -0.15) is 0 Å². The summed E-state index contributed by atoms with van der Waals surface area (Å²) < 4.78 is 0. The van der Waals surface area contributed by atoms with Crippen molar-refractivity contribution in [3.63, 3.8) is 0 Å². The zero-order valence-electron chi connectivity index (χ0n) is 37.5. The molecule has 0 fully saturated rings. The first-order valence-corrected chi connectivity index (χ1v) is 24.8. The van der Waals surface area contributed by atoms with Gasteiger partial charge in [-0.3, -0.25) is 11.8 Å².